The van der Waals surface area contributed by atoms with Crippen LogP contribution in [0.4, 0.5) is 11.4 Å². The Hall–Kier alpha value is -2.25. The van der Waals surface area contributed by atoms with Crippen LogP contribution in [0.5, 0.6) is 11.5 Å². The summed E-state index contributed by atoms with van der Waals surface area (Å²) >= 11 is 9.61. The van der Waals surface area contributed by atoms with Crippen molar-refractivity contribution in [3.8, 4) is 11.5 Å². The molecule has 0 aliphatic carbocycles. The predicted octanol–water partition coefficient (Wildman–Crippen LogP) is 5.50. The number of ether oxygens (including phenoxy) is 2. The second kappa shape index (κ2) is 10.3. The van der Waals surface area contributed by atoms with Crippen LogP contribution in [0.15, 0.2) is 34.8 Å². The van der Waals surface area contributed by atoms with Gasteiger partial charge in [0.15, 0.2) is 11.5 Å². The topological polar surface area (TPSA) is 76.7 Å². The van der Waals surface area contributed by atoms with E-state index in [9.17, 15) is 9.59 Å². The first-order chi connectivity index (χ1) is 13.4. The van der Waals surface area contributed by atoms with Gasteiger partial charge < -0.3 is 20.1 Å². The van der Waals surface area contributed by atoms with Crippen molar-refractivity contribution >= 4 is 50.7 Å². The van der Waals surface area contributed by atoms with Crippen molar-refractivity contribution in [3.05, 3.63) is 45.4 Å². The van der Waals surface area contributed by atoms with E-state index in [-0.39, 0.29) is 11.8 Å². The molecule has 6 nitrogen and oxygen atoms in total. The van der Waals surface area contributed by atoms with Gasteiger partial charge in [0, 0.05) is 17.7 Å². The Morgan fingerprint density at radius 3 is 2.54 bits per heavy atom. The molecule has 28 heavy (non-hydrogen) atoms. The molecule has 0 aliphatic rings. The van der Waals surface area contributed by atoms with Crippen molar-refractivity contribution in [2.24, 2.45) is 0 Å². The quantitative estimate of drug-likeness (QED) is 0.535. The Labute approximate surface area is 177 Å². The molecule has 150 valence electrons. The van der Waals surface area contributed by atoms with Gasteiger partial charge in [-0.2, -0.15) is 0 Å². The van der Waals surface area contributed by atoms with Gasteiger partial charge in [-0.3, -0.25) is 9.59 Å². The number of hydrogen-bond donors (Lipinski definition) is 2. The number of rotatable bonds is 8. The smallest absolute Gasteiger partial charge is 0.255 e. The van der Waals surface area contributed by atoms with Gasteiger partial charge in [-0.15, -0.1) is 0 Å². The van der Waals surface area contributed by atoms with E-state index in [0.717, 1.165) is 6.42 Å². The second-order valence-corrected chi connectivity index (χ2v) is 7.15. The molecule has 0 aromatic heterocycles. The number of methoxy groups -OCH3 is 1. The van der Waals surface area contributed by atoms with E-state index in [1.165, 1.54) is 7.11 Å². The van der Waals surface area contributed by atoms with Crippen LogP contribution in [-0.4, -0.2) is 25.5 Å². The first kappa shape index (κ1) is 22.0. The molecule has 0 saturated carbocycles. The minimum atomic E-state index is -0.373. The monoisotopic (exact) mass is 468 g/mol. The first-order valence-electron chi connectivity index (χ1n) is 8.80. The molecule has 0 spiro atoms. The van der Waals surface area contributed by atoms with Crippen LogP contribution in [0.3, 0.4) is 0 Å². The number of amides is 2. The number of benzene rings is 2. The maximum absolute atomic E-state index is 12.7. The maximum atomic E-state index is 12.7. The van der Waals surface area contributed by atoms with Gasteiger partial charge in [0.25, 0.3) is 5.91 Å². The fourth-order valence-corrected chi connectivity index (χ4v) is 3.06. The van der Waals surface area contributed by atoms with Crippen molar-refractivity contribution in [1.29, 1.82) is 0 Å². The number of halogens is 2. The van der Waals surface area contributed by atoms with Crippen LogP contribution in [0.1, 0.15) is 37.0 Å². The third-order valence-corrected chi connectivity index (χ3v) is 4.68. The summed E-state index contributed by atoms with van der Waals surface area (Å²) in [7, 11) is 1.51. The summed E-state index contributed by atoms with van der Waals surface area (Å²) in [6.45, 7) is 4.29. The van der Waals surface area contributed by atoms with E-state index in [2.05, 4.69) is 26.6 Å². The lowest BCUT2D eigenvalue weighted by Crippen LogP contribution is -2.14. The average Bonchev–Trinajstić information content (AvgIpc) is 2.68. The SMILES string of the molecule is CCCOc1c(Br)cc(C(=O)Nc2cc(NC(=O)CC)ccc2Cl)cc1OC. The lowest BCUT2D eigenvalue weighted by molar-refractivity contribution is -0.115. The number of anilines is 2. The normalized spacial score (nSPS) is 10.3. The summed E-state index contributed by atoms with van der Waals surface area (Å²) in [6, 6.07) is 8.14. The summed E-state index contributed by atoms with van der Waals surface area (Å²) < 4.78 is 11.6. The fraction of sp³-hybridized carbons (Fsp3) is 0.300. The molecule has 0 radical (unpaired) electrons. The van der Waals surface area contributed by atoms with Crippen LogP contribution in [0.25, 0.3) is 0 Å². The van der Waals surface area contributed by atoms with E-state index in [4.69, 9.17) is 21.1 Å². The third-order valence-electron chi connectivity index (χ3n) is 3.76. The van der Waals surface area contributed by atoms with Crippen molar-refractivity contribution in [2.75, 3.05) is 24.4 Å². The van der Waals surface area contributed by atoms with E-state index < -0.39 is 0 Å². The largest absolute Gasteiger partial charge is 0.493 e. The van der Waals surface area contributed by atoms with Crippen LogP contribution < -0.4 is 20.1 Å². The lowest BCUT2D eigenvalue weighted by Gasteiger charge is -2.15. The zero-order valence-corrected chi connectivity index (χ0v) is 18.2. The number of carbonyl (C=O) groups is 2. The van der Waals surface area contributed by atoms with E-state index in [0.29, 0.717) is 51.0 Å². The zero-order valence-electron chi connectivity index (χ0n) is 15.9. The van der Waals surface area contributed by atoms with Gasteiger partial charge in [0.05, 0.1) is 28.9 Å². The Kier molecular flexibility index (Phi) is 8.14. The highest BCUT2D eigenvalue weighted by atomic mass is 79.9. The molecule has 8 heteroatoms. The summed E-state index contributed by atoms with van der Waals surface area (Å²) in [5.74, 6) is 0.490. The summed E-state index contributed by atoms with van der Waals surface area (Å²) in [6.07, 6.45) is 1.20. The van der Waals surface area contributed by atoms with Gasteiger partial charge in [0.2, 0.25) is 5.91 Å². The van der Waals surface area contributed by atoms with Crippen molar-refractivity contribution in [1.82, 2.24) is 0 Å². The molecule has 0 bridgehead atoms. The number of hydrogen-bond acceptors (Lipinski definition) is 4. The Bertz CT molecular complexity index is 874. The lowest BCUT2D eigenvalue weighted by atomic mass is 10.1. The highest BCUT2D eigenvalue weighted by molar-refractivity contribution is 9.10. The molecule has 0 saturated heterocycles. The van der Waals surface area contributed by atoms with Crippen LogP contribution in [0.2, 0.25) is 5.02 Å². The fourth-order valence-electron chi connectivity index (χ4n) is 2.34. The van der Waals surface area contributed by atoms with Gasteiger partial charge in [-0.05, 0) is 52.7 Å². The van der Waals surface area contributed by atoms with E-state index in [1.54, 1.807) is 37.3 Å². The molecule has 0 atom stereocenters. The van der Waals surface area contributed by atoms with Crippen LogP contribution in [0, 0.1) is 0 Å². The van der Waals surface area contributed by atoms with Gasteiger partial charge in [-0.1, -0.05) is 25.4 Å². The number of nitrogens with one attached hydrogen (secondary N) is 2. The standard InChI is InChI=1S/C20H22BrClN2O4/c1-4-8-28-19-14(21)9-12(10-17(19)27-3)20(26)24-16-11-13(6-7-15(16)22)23-18(25)5-2/h6-7,9-11H,4-5,8H2,1-3H3,(H,23,25)(H,24,26). The Morgan fingerprint density at radius 1 is 1.14 bits per heavy atom. The van der Waals surface area contributed by atoms with Crippen molar-refractivity contribution in [3.63, 3.8) is 0 Å². The molecule has 0 unspecified atom stereocenters. The molecular formula is C20H22BrClN2O4. The summed E-state index contributed by atoms with van der Waals surface area (Å²) in [4.78, 5) is 24.3. The van der Waals surface area contributed by atoms with Gasteiger partial charge in [0.1, 0.15) is 0 Å². The summed E-state index contributed by atoms with van der Waals surface area (Å²) in [5, 5.41) is 5.85. The molecule has 0 fully saturated rings. The maximum Gasteiger partial charge on any atom is 0.255 e. The van der Waals surface area contributed by atoms with Gasteiger partial charge >= 0.3 is 0 Å². The third kappa shape index (κ3) is 5.62. The molecule has 2 amide bonds. The van der Waals surface area contributed by atoms with Gasteiger partial charge in [-0.25, -0.2) is 0 Å². The molecular weight excluding hydrogens is 448 g/mol. The molecule has 2 aromatic carbocycles. The highest BCUT2D eigenvalue weighted by Gasteiger charge is 2.17. The zero-order chi connectivity index (χ0) is 20.7. The predicted molar refractivity (Wildman–Crippen MR) is 115 cm³/mol. The minimum absolute atomic E-state index is 0.129. The van der Waals surface area contributed by atoms with E-state index in [1.807, 2.05) is 6.92 Å². The minimum Gasteiger partial charge on any atom is -0.493 e. The molecule has 2 N–H and O–H groups in total. The Morgan fingerprint density at radius 2 is 1.89 bits per heavy atom. The van der Waals surface area contributed by atoms with Crippen LogP contribution >= 0.6 is 27.5 Å². The van der Waals surface area contributed by atoms with Crippen molar-refractivity contribution < 1.29 is 19.1 Å². The molecule has 2 aromatic rings. The highest BCUT2D eigenvalue weighted by Crippen LogP contribution is 2.37. The number of carbonyl (C=O) groups excluding carboxylic acids is 2. The molecule has 2 rings (SSSR count). The Balaban J connectivity index is 2.26. The van der Waals surface area contributed by atoms with E-state index >= 15 is 0 Å². The second-order valence-electron chi connectivity index (χ2n) is 5.89. The molecule has 0 aliphatic heterocycles. The molecule has 0 heterocycles. The van der Waals surface area contributed by atoms with Crippen molar-refractivity contribution in [2.45, 2.75) is 26.7 Å². The average molecular weight is 470 g/mol. The first-order valence-corrected chi connectivity index (χ1v) is 9.97. The van der Waals surface area contributed by atoms with Crippen LogP contribution in [-0.2, 0) is 4.79 Å². The summed E-state index contributed by atoms with van der Waals surface area (Å²) in [5.41, 5.74) is 1.31.